The lowest BCUT2D eigenvalue weighted by atomic mass is 10.2. The summed E-state index contributed by atoms with van der Waals surface area (Å²) in [6.45, 7) is 3.92. The molecule has 0 aliphatic rings. The molecular formula is C11H11BrN2O. The minimum absolute atomic E-state index is 0.0794. The third-order valence-corrected chi connectivity index (χ3v) is 3.18. The molecule has 0 bridgehead atoms. The van der Waals surface area contributed by atoms with Gasteiger partial charge in [-0.1, -0.05) is 22.0 Å². The van der Waals surface area contributed by atoms with Crippen molar-refractivity contribution < 1.29 is 0 Å². The Morgan fingerprint density at radius 1 is 1.27 bits per heavy atom. The molecule has 1 N–H and O–H groups in total. The molecule has 0 aliphatic heterocycles. The van der Waals surface area contributed by atoms with E-state index in [1.165, 1.54) is 5.56 Å². The van der Waals surface area contributed by atoms with Crippen molar-refractivity contribution in [2.45, 2.75) is 13.8 Å². The molecule has 0 atom stereocenters. The Kier molecular flexibility index (Phi) is 2.52. The van der Waals surface area contributed by atoms with Crippen molar-refractivity contribution in [3.63, 3.8) is 0 Å². The van der Waals surface area contributed by atoms with E-state index in [2.05, 4.69) is 21.0 Å². The highest BCUT2D eigenvalue weighted by Gasteiger charge is 2.03. The molecule has 1 aromatic heterocycles. The van der Waals surface area contributed by atoms with E-state index in [0.29, 0.717) is 0 Å². The Hall–Kier alpha value is -1.29. The molecule has 0 aliphatic carbocycles. The molecule has 0 fully saturated rings. The second kappa shape index (κ2) is 3.70. The number of aromatic nitrogens is 2. The number of hydrogen-bond acceptors (Lipinski definition) is 1. The minimum atomic E-state index is -0.0794. The molecule has 0 saturated heterocycles. The van der Waals surface area contributed by atoms with Crippen LogP contribution in [0.2, 0.25) is 0 Å². The standard InChI is InChI=1S/C11H11BrN2O/c1-7-3-4-9(6-10(7)12)14-8(2)5-11(15)13-14/h3-6H,1-2H3,(H,13,15). The maximum atomic E-state index is 11.1. The van der Waals surface area contributed by atoms with Gasteiger partial charge in [-0.05, 0) is 31.5 Å². The molecule has 2 rings (SSSR count). The molecule has 15 heavy (non-hydrogen) atoms. The molecule has 1 aromatic carbocycles. The van der Waals surface area contributed by atoms with E-state index in [-0.39, 0.29) is 5.56 Å². The fourth-order valence-corrected chi connectivity index (χ4v) is 1.84. The maximum Gasteiger partial charge on any atom is 0.264 e. The van der Waals surface area contributed by atoms with E-state index >= 15 is 0 Å². The van der Waals surface area contributed by atoms with Crippen molar-refractivity contribution in [1.82, 2.24) is 9.78 Å². The summed E-state index contributed by atoms with van der Waals surface area (Å²) < 4.78 is 2.81. The van der Waals surface area contributed by atoms with Crippen molar-refractivity contribution in [2.24, 2.45) is 0 Å². The summed E-state index contributed by atoms with van der Waals surface area (Å²) in [6, 6.07) is 7.55. The van der Waals surface area contributed by atoms with E-state index < -0.39 is 0 Å². The maximum absolute atomic E-state index is 11.1. The van der Waals surface area contributed by atoms with Crippen LogP contribution < -0.4 is 5.56 Å². The number of aromatic amines is 1. The molecule has 2 aromatic rings. The Morgan fingerprint density at radius 3 is 2.53 bits per heavy atom. The Bertz CT molecular complexity index is 554. The highest BCUT2D eigenvalue weighted by molar-refractivity contribution is 9.10. The molecule has 0 spiro atoms. The summed E-state index contributed by atoms with van der Waals surface area (Å²) in [5.41, 5.74) is 2.94. The van der Waals surface area contributed by atoms with Gasteiger partial charge in [0.15, 0.2) is 0 Å². The number of halogens is 1. The van der Waals surface area contributed by atoms with Crippen LogP contribution in [0.15, 0.2) is 33.5 Å². The zero-order valence-corrected chi connectivity index (χ0v) is 10.1. The van der Waals surface area contributed by atoms with Gasteiger partial charge in [-0.25, -0.2) is 0 Å². The van der Waals surface area contributed by atoms with Crippen molar-refractivity contribution in [3.05, 3.63) is 50.3 Å². The van der Waals surface area contributed by atoms with Crippen molar-refractivity contribution >= 4 is 15.9 Å². The van der Waals surface area contributed by atoms with Crippen LogP contribution in [0, 0.1) is 13.8 Å². The summed E-state index contributed by atoms with van der Waals surface area (Å²) in [5.74, 6) is 0. The van der Waals surface area contributed by atoms with E-state index in [1.807, 2.05) is 32.0 Å². The van der Waals surface area contributed by atoms with Gasteiger partial charge in [-0.2, -0.15) is 0 Å². The van der Waals surface area contributed by atoms with Crippen molar-refractivity contribution in [2.75, 3.05) is 0 Å². The Morgan fingerprint density at radius 2 is 2.00 bits per heavy atom. The monoisotopic (exact) mass is 266 g/mol. The van der Waals surface area contributed by atoms with Crippen LogP contribution in [-0.2, 0) is 0 Å². The van der Waals surface area contributed by atoms with Gasteiger partial charge in [0, 0.05) is 16.2 Å². The normalized spacial score (nSPS) is 10.6. The average molecular weight is 267 g/mol. The molecule has 0 radical (unpaired) electrons. The van der Waals surface area contributed by atoms with E-state index in [4.69, 9.17) is 0 Å². The largest absolute Gasteiger partial charge is 0.268 e. The van der Waals surface area contributed by atoms with Crippen LogP contribution in [0.1, 0.15) is 11.3 Å². The first-order valence-electron chi connectivity index (χ1n) is 4.63. The molecule has 4 heteroatoms. The van der Waals surface area contributed by atoms with Gasteiger partial charge in [0.05, 0.1) is 5.69 Å². The van der Waals surface area contributed by atoms with Crippen molar-refractivity contribution in [3.8, 4) is 5.69 Å². The average Bonchev–Trinajstić information content (AvgIpc) is 2.50. The fourth-order valence-electron chi connectivity index (χ4n) is 1.47. The van der Waals surface area contributed by atoms with Gasteiger partial charge < -0.3 is 0 Å². The van der Waals surface area contributed by atoms with Gasteiger partial charge in [-0.15, -0.1) is 0 Å². The van der Waals surface area contributed by atoms with Crippen LogP contribution in [0.5, 0.6) is 0 Å². The number of aryl methyl sites for hydroxylation is 2. The lowest BCUT2D eigenvalue weighted by Gasteiger charge is -2.06. The topological polar surface area (TPSA) is 37.8 Å². The predicted octanol–water partition coefficient (Wildman–Crippen LogP) is 2.54. The second-order valence-electron chi connectivity index (χ2n) is 3.53. The summed E-state index contributed by atoms with van der Waals surface area (Å²) in [4.78, 5) is 11.1. The van der Waals surface area contributed by atoms with E-state index in [0.717, 1.165) is 15.9 Å². The Balaban J connectivity index is 2.59. The third kappa shape index (κ3) is 1.90. The molecular weight excluding hydrogens is 256 g/mol. The van der Waals surface area contributed by atoms with Gasteiger partial charge in [0.2, 0.25) is 0 Å². The summed E-state index contributed by atoms with van der Waals surface area (Å²) in [7, 11) is 0. The predicted molar refractivity (Wildman–Crippen MR) is 63.6 cm³/mol. The molecule has 3 nitrogen and oxygen atoms in total. The van der Waals surface area contributed by atoms with Crippen LogP contribution in [-0.4, -0.2) is 9.78 Å². The highest BCUT2D eigenvalue weighted by Crippen LogP contribution is 2.19. The number of hydrogen-bond donors (Lipinski definition) is 1. The Labute approximate surface area is 95.9 Å². The van der Waals surface area contributed by atoms with E-state index in [9.17, 15) is 4.79 Å². The quantitative estimate of drug-likeness (QED) is 0.847. The number of benzene rings is 1. The van der Waals surface area contributed by atoms with Gasteiger partial charge in [0.1, 0.15) is 0 Å². The summed E-state index contributed by atoms with van der Waals surface area (Å²) in [6.07, 6.45) is 0. The highest BCUT2D eigenvalue weighted by atomic mass is 79.9. The lowest BCUT2D eigenvalue weighted by Crippen LogP contribution is -2.04. The zero-order valence-electron chi connectivity index (χ0n) is 8.54. The summed E-state index contributed by atoms with van der Waals surface area (Å²) >= 11 is 3.47. The molecule has 0 amide bonds. The number of rotatable bonds is 1. The number of nitrogens with one attached hydrogen (secondary N) is 1. The van der Waals surface area contributed by atoms with Crippen molar-refractivity contribution in [1.29, 1.82) is 0 Å². The first-order chi connectivity index (χ1) is 7.08. The second-order valence-corrected chi connectivity index (χ2v) is 4.39. The lowest BCUT2D eigenvalue weighted by molar-refractivity contribution is 0.833. The van der Waals surface area contributed by atoms with Crippen LogP contribution in [0.4, 0.5) is 0 Å². The molecule has 0 unspecified atom stereocenters. The van der Waals surface area contributed by atoms with Gasteiger partial charge in [-0.3, -0.25) is 14.6 Å². The SMILES string of the molecule is Cc1ccc(-n2[nH]c(=O)cc2C)cc1Br. The first-order valence-corrected chi connectivity index (χ1v) is 5.42. The summed E-state index contributed by atoms with van der Waals surface area (Å²) in [5, 5.41) is 2.75. The number of H-pyrrole nitrogens is 1. The van der Waals surface area contributed by atoms with Crippen LogP contribution in [0.25, 0.3) is 5.69 Å². The smallest absolute Gasteiger partial charge is 0.264 e. The van der Waals surface area contributed by atoms with Crippen LogP contribution in [0.3, 0.4) is 0 Å². The molecule has 78 valence electrons. The van der Waals surface area contributed by atoms with Gasteiger partial charge >= 0.3 is 0 Å². The molecule has 0 saturated carbocycles. The van der Waals surface area contributed by atoms with Crippen LogP contribution >= 0.6 is 15.9 Å². The number of nitrogens with zero attached hydrogens (tertiary/aromatic N) is 1. The first kappa shape index (κ1) is 10.2. The minimum Gasteiger partial charge on any atom is -0.268 e. The fraction of sp³-hybridized carbons (Fsp3) is 0.182. The molecule has 1 heterocycles. The zero-order chi connectivity index (χ0) is 11.0. The van der Waals surface area contributed by atoms with E-state index in [1.54, 1.807) is 10.7 Å². The third-order valence-electron chi connectivity index (χ3n) is 2.33. The van der Waals surface area contributed by atoms with Gasteiger partial charge in [0.25, 0.3) is 5.56 Å².